The molecule has 36 heavy (non-hydrogen) atoms. The van der Waals surface area contributed by atoms with Crippen LogP contribution in [0.3, 0.4) is 0 Å². The van der Waals surface area contributed by atoms with E-state index in [1.54, 1.807) is 6.92 Å². The van der Waals surface area contributed by atoms with E-state index in [0.717, 1.165) is 18.8 Å². The summed E-state index contributed by atoms with van der Waals surface area (Å²) in [6.45, 7) is 16.1. The fourth-order valence-corrected chi connectivity index (χ4v) is 12.1. The Kier molecular flexibility index (Phi) is 5.87. The van der Waals surface area contributed by atoms with E-state index in [9.17, 15) is 14.4 Å². The molecule has 0 N–H and O–H groups in total. The average molecular weight is 501 g/mol. The molecule has 0 aliphatic heterocycles. The number of fused-ring (bicyclic) bond motifs is 2. The van der Waals surface area contributed by atoms with Crippen LogP contribution in [0.2, 0.25) is 0 Å². The van der Waals surface area contributed by atoms with Gasteiger partial charge in [-0.2, -0.15) is 0 Å². The van der Waals surface area contributed by atoms with Crippen molar-refractivity contribution in [2.24, 2.45) is 56.7 Å². The minimum absolute atomic E-state index is 0.00920. The number of esters is 2. The van der Waals surface area contributed by atoms with E-state index in [1.165, 1.54) is 45.6 Å². The molecule has 5 heteroatoms. The Morgan fingerprint density at radius 3 is 2.14 bits per heavy atom. The Hall–Kier alpha value is -1.39. The SMILES string of the molecule is COC(=O)C(=O)C[C@@H](C)[C@H]1CC[C@@]2(C)[C@@H]3CC[C@H]4C(C)(C)[C@@H](OC(C)=O)CC[C@@]45[C@@H](C)[C@@]35CC[C@]12C. The second kappa shape index (κ2) is 8.06. The van der Waals surface area contributed by atoms with Crippen LogP contribution in [0.25, 0.3) is 0 Å². The van der Waals surface area contributed by atoms with Gasteiger partial charge in [0.2, 0.25) is 5.78 Å². The molecule has 202 valence electrons. The maximum atomic E-state index is 12.4. The number of rotatable bonds is 5. The van der Waals surface area contributed by atoms with Crippen molar-refractivity contribution in [2.45, 2.75) is 112 Å². The molecule has 5 fully saturated rings. The molecule has 0 heterocycles. The van der Waals surface area contributed by atoms with E-state index in [-0.39, 0.29) is 40.0 Å². The quantitative estimate of drug-likeness (QED) is 0.324. The van der Waals surface area contributed by atoms with E-state index < -0.39 is 5.97 Å². The van der Waals surface area contributed by atoms with Gasteiger partial charge in [0.1, 0.15) is 6.10 Å². The summed E-state index contributed by atoms with van der Waals surface area (Å²) in [5.74, 6) is 1.48. The fraction of sp³-hybridized carbons (Fsp3) is 0.903. The molecule has 0 aromatic heterocycles. The monoisotopic (exact) mass is 500 g/mol. The highest BCUT2D eigenvalue weighted by Crippen LogP contribution is 2.91. The van der Waals surface area contributed by atoms with Gasteiger partial charge in [-0.05, 0) is 103 Å². The maximum absolute atomic E-state index is 12.4. The first-order valence-electron chi connectivity index (χ1n) is 14.5. The normalized spacial score (nSPS) is 48.9. The number of carbonyl (C=O) groups excluding carboxylic acids is 3. The van der Waals surface area contributed by atoms with Crippen molar-refractivity contribution in [3.8, 4) is 0 Å². The lowest BCUT2D eigenvalue weighted by Crippen LogP contribution is -2.58. The second-order valence-electron chi connectivity index (χ2n) is 14.5. The van der Waals surface area contributed by atoms with Crippen molar-refractivity contribution in [3.63, 3.8) is 0 Å². The van der Waals surface area contributed by atoms with Crippen molar-refractivity contribution < 1.29 is 23.9 Å². The molecule has 5 aliphatic carbocycles. The van der Waals surface area contributed by atoms with Crippen LogP contribution in [0.15, 0.2) is 0 Å². The molecule has 10 atom stereocenters. The number of carbonyl (C=O) groups is 3. The summed E-state index contributed by atoms with van der Waals surface area (Å²) in [6.07, 6.45) is 9.88. The third kappa shape index (κ3) is 2.98. The number of methoxy groups -OCH3 is 1. The summed E-state index contributed by atoms with van der Waals surface area (Å²) in [5.41, 5.74) is 1.25. The van der Waals surface area contributed by atoms with Gasteiger partial charge in [0, 0.05) is 18.8 Å². The first-order valence-corrected chi connectivity index (χ1v) is 14.5. The Morgan fingerprint density at radius 1 is 0.861 bits per heavy atom. The highest BCUT2D eigenvalue weighted by atomic mass is 16.5. The fourth-order valence-electron chi connectivity index (χ4n) is 12.1. The predicted octanol–water partition coefficient (Wildman–Crippen LogP) is 6.37. The van der Waals surface area contributed by atoms with Gasteiger partial charge in [-0.3, -0.25) is 9.59 Å². The van der Waals surface area contributed by atoms with Crippen molar-refractivity contribution in [3.05, 3.63) is 0 Å². The van der Waals surface area contributed by atoms with Gasteiger partial charge in [0.25, 0.3) is 0 Å². The van der Waals surface area contributed by atoms with Crippen LogP contribution in [-0.4, -0.2) is 30.9 Å². The number of ether oxygens (including phenoxy) is 2. The lowest BCUT2D eigenvalue weighted by molar-refractivity contribution is -0.181. The van der Waals surface area contributed by atoms with Crippen LogP contribution >= 0.6 is 0 Å². The molecular weight excluding hydrogens is 452 g/mol. The van der Waals surface area contributed by atoms with Gasteiger partial charge in [-0.25, -0.2) is 4.79 Å². The highest BCUT2D eigenvalue weighted by molar-refractivity contribution is 6.33. The lowest BCUT2D eigenvalue weighted by atomic mass is 9.41. The molecule has 5 rings (SSSR count). The van der Waals surface area contributed by atoms with Crippen molar-refractivity contribution in [2.75, 3.05) is 7.11 Å². The molecule has 0 aromatic rings. The molecule has 5 saturated carbocycles. The van der Waals surface area contributed by atoms with Crippen LogP contribution in [0.4, 0.5) is 0 Å². The number of Topliss-reactive ketones (excluding diaryl/α,β-unsaturated/α-hetero) is 1. The third-order valence-corrected chi connectivity index (χ3v) is 13.7. The highest BCUT2D eigenvalue weighted by Gasteiger charge is 2.86. The standard InChI is InChI=1S/C31H48O5/c1-18(17-22(33)26(34)35-8)21-11-13-29(7)24-10-9-23-27(4,5)25(36-20(3)32)12-14-30(23)19(2)31(24,30)16-15-28(21,29)6/h18-19,21,23-25H,9-17H2,1-8H3/t18-,19-,21-,23+,24+,25+,28-,29+,30-,31+/m1/s1. The van der Waals surface area contributed by atoms with Crippen molar-refractivity contribution in [1.82, 2.24) is 0 Å². The van der Waals surface area contributed by atoms with Crippen LogP contribution in [0, 0.1) is 56.7 Å². The molecule has 0 unspecified atom stereocenters. The Bertz CT molecular complexity index is 970. The average Bonchev–Trinajstić information content (AvgIpc) is 3.20. The van der Waals surface area contributed by atoms with Gasteiger partial charge < -0.3 is 9.47 Å². The van der Waals surface area contributed by atoms with Crippen molar-refractivity contribution >= 4 is 17.7 Å². The van der Waals surface area contributed by atoms with Gasteiger partial charge in [0.05, 0.1) is 7.11 Å². The summed E-state index contributed by atoms with van der Waals surface area (Å²) in [5, 5.41) is 0. The topological polar surface area (TPSA) is 69.7 Å². The summed E-state index contributed by atoms with van der Waals surface area (Å²) in [4.78, 5) is 36.1. The molecule has 0 aromatic carbocycles. The molecule has 0 saturated heterocycles. The van der Waals surface area contributed by atoms with Crippen LogP contribution in [0.1, 0.15) is 106 Å². The van der Waals surface area contributed by atoms with Crippen LogP contribution < -0.4 is 0 Å². The van der Waals surface area contributed by atoms with Gasteiger partial charge >= 0.3 is 11.9 Å². The van der Waals surface area contributed by atoms with Gasteiger partial charge in [-0.1, -0.05) is 41.5 Å². The smallest absolute Gasteiger partial charge is 0.374 e. The van der Waals surface area contributed by atoms with Crippen molar-refractivity contribution in [1.29, 1.82) is 0 Å². The zero-order chi connectivity index (χ0) is 26.5. The molecule has 2 spiro atoms. The third-order valence-electron chi connectivity index (χ3n) is 13.7. The number of ketones is 1. The lowest BCUT2D eigenvalue weighted by Gasteiger charge is -2.63. The van der Waals surface area contributed by atoms with Gasteiger partial charge in [0.15, 0.2) is 0 Å². The zero-order valence-corrected chi connectivity index (χ0v) is 23.9. The minimum atomic E-state index is -0.700. The van der Waals surface area contributed by atoms with Crippen LogP contribution in [0.5, 0.6) is 0 Å². The van der Waals surface area contributed by atoms with E-state index in [2.05, 4.69) is 41.5 Å². The van der Waals surface area contributed by atoms with E-state index in [1.807, 2.05) is 0 Å². The van der Waals surface area contributed by atoms with E-state index >= 15 is 0 Å². The predicted molar refractivity (Wildman–Crippen MR) is 138 cm³/mol. The number of hydrogen-bond acceptors (Lipinski definition) is 5. The largest absolute Gasteiger partial charge is 0.463 e. The Morgan fingerprint density at radius 2 is 1.50 bits per heavy atom. The molecule has 0 radical (unpaired) electrons. The molecule has 5 aliphatic rings. The summed E-state index contributed by atoms with van der Waals surface area (Å²) in [6, 6.07) is 0. The molecular formula is C31H48O5. The zero-order valence-electron chi connectivity index (χ0n) is 23.9. The first kappa shape index (κ1) is 26.2. The van der Waals surface area contributed by atoms with Crippen LogP contribution in [-0.2, 0) is 23.9 Å². The Balaban J connectivity index is 1.43. The summed E-state index contributed by atoms with van der Waals surface area (Å²) in [7, 11) is 1.30. The second-order valence-corrected chi connectivity index (χ2v) is 14.5. The first-order chi connectivity index (χ1) is 16.7. The minimum Gasteiger partial charge on any atom is -0.463 e. The summed E-state index contributed by atoms with van der Waals surface area (Å²) < 4.78 is 10.6. The molecule has 0 bridgehead atoms. The number of hydrogen-bond donors (Lipinski definition) is 0. The molecule has 5 nitrogen and oxygen atoms in total. The summed E-state index contributed by atoms with van der Waals surface area (Å²) >= 11 is 0. The maximum Gasteiger partial charge on any atom is 0.374 e. The van der Waals surface area contributed by atoms with E-state index in [0.29, 0.717) is 35.0 Å². The molecule has 0 amide bonds. The Labute approximate surface area is 217 Å². The van der Waals surface area contributed by atoms with E-state index in [4.69, 9.17) is 9.47 Å². The van der Waals surface area contributed by atoms with Gasteiger partial charge in [-0.15, -0.1) is 0 Å².